The summed E-state index contributed by atoms with van der Waals surface area (Å²) in [5.41, 5.74) is 0.937. The first-order valence-electron chi connectivity index (χ1n) is 8.25. The second-order valence-electron chi connectivity index (χ2n) is 6.94. The average molecular weight is 301 g/mol. The zero-order valence-electron chi connectivity index (χ0n) is 13.3. The monoisotopic (exact) mass is 301 g/mol. The van der Waals surface area contributed by atoms with Crippen molar-refractivity contribution < 1.29 is 4.39 Å². The summed E-state index contributed by atoms with van der Waals surface area (Å²) in [4.78, 5) is 4.86. The van der Waals surface area contributed by atoms with Gasteiger partial charge in [-0.3, -0.25) is 4.90 Å². The van der Waals surface area contributed by atoms with Gasteiger partial charge >= 0.3 is 0 Å². The van der Waals surface area contributed by atoms with Crippen molar-refractivity contribution in [3.63, 3.8) is 0 Å². The van der Waals surface area contributed by atoms with E-state index < -0.39 is 0 Å². The number of nitriles is 1. The van der Waals surface area contributed by atoms with E-state index in [-0.39, 0.29) is 11.2 Å². The summed E-state index contributed by atoms with van der Waals surface area (Å²) in [6, 6.07) is 9.88. The Labute approximate surface area is 132 Å². The standard InChI is InChI=1S/C18H24FN3/c1-18(13-20)9-2-10-22(14-18)17-7-11-21(12-8-17)16-5-3-15(19)4-6-16/h3-6,17H,2,7-12,14H2,1H3. The summed E-state index contributed by atoms with van der Waals surface area (Å²) in [6.07, 6.45) is 4.40. The van der Waals surface area contributed by atoms with Crippen molar-refractivity contribution in [2.75, 3.05) is 31.1 Å². The topological polar surface area (TPSA) is 30.3 Å². The van der Waals surface area contributed by atoms with Crippen LogP contribution in [0.5, 0.6) is 0 Å². The molecule has 0 bridgehead atoms. The summed E-state index contributed by atoms with van der Waals surface area (Å²) in [7, 11) is 0. The lowest BCUT2D eigenvalue weighted by atomic mass is 9.82. The average Bonchev–Trinajstić information content (AvgIpc) is 2.56. The molecule has 22 heavy (non-hydrogen) atoms. The number of nitrogens with zero attached hydrogens (tertiary/aromatic N) is 3. The van der Waals surface area contributed by atoms with Crippen LogP contribution < -0.4 is 4.90 Å². The van der Waals surface area contributed by atoms with E-state index in [1.165, 1.54) is 12.1 Å². The van der Waals surface area contributed by atoms with Crippen LogP contribution in [0, 0.1) is 22.6 Å². The Morgan fingerprint density at radius 2 is 1.86 bits per heavy atom. The Morgan fingerprint density at radius 1 is 1.18 bits per heavy atom. The van der Waals surface area contributed by atoms with Gasteiger partial charge in [-0.15, -0.1) is 0 Å². The normalized spacial score (nSPS) is 27.6. The van der Waals surface area contributed by atoms with Gasteiger partial charge in [0.25, 0.3) is 0 Å². The van der Waals surface area contributed by atoms with Crippen molar-refractivity contribution in [3.05, 3.63) is 30.1 Å². The van der Waals surface area contributed by atoms with Crippen molar-refractivity contribution in [1.82, 2.24) is 4.90 Å². The largest absolute Gasteiger partial charge is 0.371 e. The highest BCUT2D eigenvalue weighted by Gasteiger charge is 2.35. The van der Waals surface area contributed by atoms with Crippen LogP contribution in [0.15, 0.2) is 24.3 Å². The Balaban J connectivity index is 1.58. The first kappa shape index (κ1) is 15.3. The molecule has 3 rings (SSSR count). The number of halogens is 1. The lowest BCUT2D eigenvalue weighted by Gasteiger charge is -2.44. The molecule has 0 N–H and O–H groups in total. The van der Waals surface area contributed by atoms with Gasteiger partial charge in [-0.05, 0) is 63.4 Å². The highest BCUT2D eigenvalue weighted by molar-refractivity contribution is 5.46. The molecule has 0 aliphatic carbocycles. The predicted molar refractivity (Wildman–Crippen MR) is 86.2 cm³/mol. The van der Waals surface area contributed by atoms with E-state index >= 15 is 0 Å². The number of likely N-dealkylation sites (tertiary alicyclic amines) is 1. The van der Waals surface area contributed by atoms with Crippen LogP contribution in [0.2, 0.25) is 0 Å². The predicted octanol–water partition coefficient (Wildman–Crippen LogP) is 3.42. The number of hydrogen-bond donors (Lipinski definition) is 0. The van der Waals surface area contributed by atoms with Crippen LogP contribution in [0.25, 0.3) is 0 Å². The van der Waals surface area contributed by atoms with Crippen LogP contribution >= 0.6 is 0 Å². The third-order valence-corrected chi connectivity index (χ3v) is 5.17. The first-order valence-corrected chi connectivity index (χ1v) is 8.25. The zero-order valence-corrected chi connectivity index (χ0v) is 13.3. The Bertz CT molecular complexity index is 542. The highest BCUT2D eigenvalue weighted by Crippen LogP contribution is 2.32. The van der Waals surface area contributed by atoms with Crippen LogP contribution in [-0.2, 0) is 0 Å². The SMILES string of the molecule is CC1(C#N)CCCN(C2CCN(c3ccc(F)cc3)CC2)C1. The maximum Gasteiger partial charge on any atom is 0.123 e. The van der Waals surface area contributed by atoms with Crippen molar-refractivity contribution in [1.29, 1.82) is 5.26 Å². The molecule has 0 spiro atoms. The second kappa shape index (κ2) is 6.26. The Kier molecular flexibility index (Phi) is 4.35. The molecule has 4 heteroatoms. The highest BCUT2D eigenvalue weighted by atomic mass is 19.1. The summed E-state index contributed by atoms with van der Waals surface area (Å²) in [5, 5.41) is 9.36. The van der Waals surface area contributed by atoms with Crippen LogP contribution in [0.4, 0.5) is 10.1 Å². The molecule has 2 saturated heterocycles. The molecule has 1 atom stereocenters. The third kappa shape index (κ3) is 3.25. The van der Waals surface area contributed by atoms with Gasteiger partial charge < -0.3 is 4.90 Å². The summed E-state index contributed by atoms with van der Waals surface area (Å²) >= 11 is 0. The fraction of sp³-hybridized carbons (Fsp3) is 0.611. The lowest BCUT2D eigenvalue weighted by Crippen LogP contribution is -2.50. The van der Waals surface area contributed by atoms with Crippen LogP contribution in [-0.4, -0.2) is 37.1 Å². The van der Waals surface area contributed by atoms with E-state index in [4.69, 9.17) is 0 Å². The number of hydrogen-bond acceptors (Lipinski definition) is 3. The van der Waals surface area contributed by atoms with E-state index in [1.807, 2.05) is 12.1 Å². The number of benzene rings is 1. The zero-order chi connectivity index (χ0) is 15.6. The molecule has 0 radical (unpaired) electrons. The number of anilines is 1. The summed E-state index contributed by atoms with van der Waals surface area (Å²) in [6.45, 7) is 6.14. The van der Waals surface area contributed by atoms with Gasteiger partial charge in [0.2, 0.25) is 0 Å². The molecule has 1 aromatic carbocycles. The molecule has 2 fully saturated rings. The van der Waals surface area contributed by atoms with Gasteiger partial charge in [-0.25, -0.2) is 4.39 Å². The second-order valence-corrected chi connectivity index (χ2v) is 6.94. The van der Waals surface area contributed by atoms with Crippen molar-refractivity contribution in [2.24, 2.45) is 5.41 Å². The summed E-state index contributed by atoms with van der Waals surface area (Å²) in [5.74, 6) is -0.178. The van der Waals surface area contributed by atoms with Gasteiger partial charge in [0.05, 0.1) is 11.5 Å². The first-order chi connectivity index (χ1) is 10.6. The van der Waals surface area contributed by atoms with E-state index in [9.17, 15) is 9.65 Å². The van der Waals surface area contributed by atoms with Gasteiger partial charge in [0.1, 0.15) is 5.82 Å². The minimum atomic E-state index is -0.178. The molecular weight excluding hydrogens is 277 g/mol. The fourth-order valence-electron chi connectivity index (χ4n) is 3.82. The van der Waals surface area contributed by atoms with Gasteiger partial charge in [-0.1, -0.05) is 0 Å². The maximum atomic E-state index is 13.0. The molecule has 2 aliphatic rings. The van der Waals surface area contributed by atoms with Gasteiger partial charge in [0, 0.05) is 31.4 Å². The molecule has 0 aromatic heterocycles. The Hall–Kier alpha value is -1.60. The molecule has 118 valence electrons. The number of rotatable bonds is 2. The molecule has 1 aromatic rings. The smallest absolute Gasteiger partial charge is 0.123 e. The van der Waals surface area contributed by atoms with E-state index in [0.717, 1.165) is 57.5 Å². The van der Waals surface area contributed by atoms with Crippen LogP contribution in [0.3, 0.4) is 0 Å². The molecular formula is C18H24FN3. The maximum absolute atomic E-state index is 13.0. The van der Waals surface area contributed by atoms with E-state index in [0.29, 0.717) is 6.04 Å². The molecule has 0 saturated carbocycles. The molecule has 1 unspecified atom stereocenters. The van der Waals surface area contributed by atoms with E-state index in [1.54, 1.807) is 0 Å². The minimum absolute atomic E-state index is 0.174. The fourth-order valence-corrected chi connectivity index (χ4v) is 3.82. The van der Waals surface area contributed by atoms with Gasteiger partial charge in [-0.2, -0.15) is 5.26 Å². The molecule has 2 aliphatic heterocycles. The van der Waals surface area contributed by atoms with Gasteiger partial charge in [0.15, 0.2) is 0 Å². The molecule has 2 heterocycles. The Morgan fingerprint density at radius 3 is 2.50 bits per heavy atom. The lowest BCUT2D eigenvalue weighted by molar-refractivity contribution is 0.0852. The summed E-state index contributed by atoms with van der Waals surface area (Å²) < 4.78 is 13.0. The molecule has 0 amide bonds. The van der Waals surface area contributed by atoms with E-state index in [2.05, 4.69) is 22.8 Å². The molecule has 3 nitrogen and oxygen atoms in total. The van der Waals surface area contributed by atoms with Crippen LogP contribution in [0.1, 0.15) is 32.6 Å². The number of piperidine rings is 2. The van der Waals surface area contributed by atoms with Crippen molar-refractivity contribution in [3.8, 4) is 6.07 Å². The quantitative estimate of drug-likeness (QED) is 0.838. The third-order valence-electron chi connectivity index (χ3n) is 5.17. The van der Waals surface area contributed by atoms with Crippen molar-refractivity contribution >= 4 is 5.69 Å². The minimum Gasteiger partial charge on any atom is -0.371 e. The van der Waals surface area contributed by atoms with Crippen molar-refractivity contribution in [2.45, 2.75) is 38.6 Å².